The largest absolute Gasteiger partial charge is 0.456 e. The maximum Gasteiger partial charge on any atom is 0.418 e. The maximum atomic E-state index is 14.3. The molecule has 0 aliphatic heterocycles. The summed E-state index contributed by atoms with van der Waals surface area (Å²) in [6, 6.07) is 58.4. The fraction of sp³-hybridized carbons (Fsp3) is 0.0385. The number of halogens is 3. The molecule has 0 bridgehead atoms. The Bertz CT molecular complexity index is 3410. The Morgan fingerprint density at radius 1 is 0.373 bits per heavy atom. The van der Waals surface area contributed by atoms with Gasteiger partial charge < -0.3 is 18.6 Å². The van der Waals surface area contributed by atoms with Gasteiger partial charge in [0, 0.05) is 56.0 Å². The average molecular weight is 775 g/mol. The normalized spacial score (nSPS) is 12.1. The van der Waals surface area contributed by atoms with Crippen molar-refractivity contribution in [2.24, 2.45) is 0 Å². The monoisotopic (exact) mass is 774 g/mol. The van der Waals surface area contributed by atoms with Gasteiger partial charge in [0.25, 0.3) is 0 Å². The fourth-order valence-electron chi connectivity index (χ4n) is 8.52. The second-order valence-corrected chi connectivity index (χ2v) is 15.0. The van der Waals surface area contributed by atoms with Crippen molar-refractivity contribution in [3.05, 3.63) is 193 Å². The first-order valence-electron chi connectivity index (χ1n) is 19.4. The van der Waals surface area contributed by atoms with Crippen molar-refractivity contribution < 1.29 is 22.0 Å². The van der Waals surface area contributed by atoms with Crippen LogP contribution in [0.1, 0.15) is 11.1 Å². The number of benzene rings is 9. The molecule has 0 unspecified atom stereocenters. The molecule has 0 radical (unpaired) electrons. The number of anilines is 6. The number of nitrogens with zero attached hydrogens (tertiary/aromatic N) is 2. The molecule has 0 fully saturated rings. The first kappa shape index (κ1) is 34.7. The van der Waals surface area contributed by atoms with Gasteiger partial charge in [-0.25, -0.2) is 0 Å². The quantitative estimate of drug-likeness (QED) is 0.168. The van der Waals surface area contributed by atoms with E-state index in [9.17, 15) is 13.2 Å². The van der Waals surface area contributed by atoms with Crippen LogP contribution in [0.4, 0.5) is 47.3 Å². The van der Waals surface area contributed by atoms with Crippen LogP contribution < -0.4 is 9.80 Å². The van der Waals surface area contributed by atoms with E-state index in [4.69, 9.17) is 8.83 Å². The highest BCUT2D eigenvalue weighted by Gasteiger charge is 2.35. The molecule has 7 heteroatoms. The van der Waals surface area contributed by atoms with Crippen LogP contribution >= 0.6 is 0 Å². The van der Waals surface area contributed by atoms with Gasteiger partial charge in [0.05, 0.1) is 11.3 Å². The third-order valence-electron chi connectivity index (χ3n) is 11.3. The Morgan fingerprint density at radius 2 is 0.814 bits per heavy atom. The summed E-state index contributed by atoms with van der Waals surface area (Å²) in [4.78, 5) is 3.94. The first-order valence-corrected chi connectivity index (χ1v) is 19.4. The summed E-state index contributed by atoms with van der Waals surface area (Å²) in [6.45, 7) is 2.13. The molecule has 59 heavy (non-hydrogen) atoms. The van der Waals surface area contributed by atoms with Crippen molar-refractivity contribution in [2.75, 3.05) is 9.80 Å². The van der Waals surface area contributed by atoms with Crippen molar-refractivity contribution in [3.63, 3.8) is 0 Å². The molecule has 11 aromatic rings. The molecular formula is C52H33F3N2O2. The molecule has 0 aliphatic carbocycles. The molecule has 11 rings (SSSR count). The highest BCUT2D eigenvalue weighted by molar-refractivity contribution is 6.18. The summed E-state index contributed by atoms with van der Waals surface area (Å²) in [6.07, 6.45) is -4.53. The highest BCUT2D eigenvalue weighted by Crippen LogP contribution is 2.45. The van der Waals surface area contributed by atoms with E-state index < -0.39 is 11.7 Å². The number of hydrogen-bond acceptors (Lipinski definition) is 4. The van der Waals surface area contributed by atoms with Crippen LogP contribution in [-0.4, -0.2) is 0 Å². The molecule has 0 saturated heterocycles. The number of fused-ring (bicyclic) bond motifs is 8. The number of alkyl halides is 3. The van der Waals surface area contributed by atoms with Crippen LogP contribution in [0, 0.1) is 6.92 Å². The Labute approximate surface area is 336 Å². The van der Waals surface area contributed by atoms with E-state index in [1.165, 1.54) is 17.7 Å². The van der Waals surface area contributed by atoms with Crippen molar-refractivity contribution in [2.45, 2.75) is 13.1 Å². The molecule has 4 nitrogen and oxygen atoms in total. The van der Waals surface area contributed by atoms with Gasteiger partial charge in [0.15, 0.2) is 0 Å². The van der Waals surface area contributed by atoms with Gasteiger partial charge in [-0.15, -0.1) is 0 Å². The van der Waals surface area contributed by atoms with Crippen LogP contribution in [0.2, 0.25) is 0 Å². The third kappa shape index (κ3) is 5.85. The SMILES string of the molecule is Cc1ccccc1N(c1ccccc1)c1ccc2cc3c(cc2c1)oc1cc2oc4cc5cc(N(c6ccccc6)c6ccccc6C(F)(F)F)ccc5cc4c2cc13. The van der Waals surface area contributed by atoms with E-state index in [-0.39, 0.29) is 5.69 Å². The molecule has 0 atom stereocenters. The summed E-state index contributed by atoms with van der Waals surface area (Å²) >= 11 is 0. The van der Waals surface area contributed by atoms with Gasteiger partial charge in [-0.2, -0.15) is 13.2 Å². The van der Waals surface area contributed by atoms with Crippen molar-refractivity contribution in [3.8, 4) is 0 Å². The number of para-hydroxylation sites is 4. The summed E-state index contributed by atoms with van der Waals surface area (Å²) in [7, 11) is 0. The number of rotatable bonds is 6. The van der Waals surface area contributed by atoms with Crippen LogP contribution in [0.5, 0.6) is 0 Å². The lowest BCUT2D eigenvalue weighted by molar-refractivity contribution is -0.137. The minimum Gasteiger partial charge on any atom is -0.456 e. The van der Waals surface area contributed by atoms with Gasteiger partial charge >= 0.3 is 6.18 Å². The molecule has 2 heterocycles. The van der Waals surface area contributed by atoms with Crippen LogP contribution in [0.15, 0.2) is 191 Å². The number of aryl methyl sites for hydroxylation is 1. The average Bonchev–Trinajstić information content (AvgIpc) is 3.78. The second kappa shape index (κ2) is 13.3. The third-order valence-corrected chi connectivity index (χ3v) is 11.3. The van der Waals surface area contributed by atoms with E-state index in [0.29, 0.717) is 22.5 Å². The van der Waals surface area contributed by atoms with E-state index in [2.05, 4.69) is 103 Å². The predicted molar refractivity (Wildman–Crippen MR) is 235 cm³/mol. The lowest BCUT2D eigenvalue weighted by atomic mass is 10.0. The van der Waals surface area contributed by atoms with E-state index in [1.807, 2.05) is 66.7 Å². The molecule has 0 amide bonds. The zero-order valence-corrected chi connectivity index (χ0v) is 31.7. The second-order valence-electron chi connectivity index (χ2n) is 15.0. The predicted octanol–water partition coefficient (Wildman–Crippen LogP) is 16.1. The van der Waals surface area contributed by atoms with Gasteiger partial charge in [0.2, 0.25) is 0 Å². The summed E-state index contributed by atoms with van der Waals surface area (Å²) in [5.74, 6) is 0. The van der Waals surface area contributed by atoms with Gasteiger partial charge in [-0.3, -0.25) is 0 Å². The molecule has 0 spiro atoms. The molecular weight excluding hydrogens is 742 g/mol. The fourth-order valence-corrected chi connectivity index (χ4v) is 8.52. The standard InChI is InChI=1S/C52H33F3N2O2/c1-32-12-8-10-18-46(32)56(37-13-4-2-5-14-37)39-22-20-33-26-41-43-30-44-42-27-34-21-23-40(57(38-15-6-3-7-16-38)47-19-11-9-17-45(47)52(53,54)55)25-36(34)29-49(42)59-51(44)31-50(43)58-48(41)28-35(33)24-39/h2-31H,1H3. The minimum absolute atomic E-state index is 0.0507. The topological polar surface area (TPSA) is 32.8 Å². The van der Waals surface area contributed by atoms with Crippen LogP contribution in [0.3, 0.4) is 0 Å². The Hall–Kier alpha value is -7.51. The Balaban J connectivity index is 1.01. The molecule has 2 aromatic heterocycles. The molecule has 9 aromatic carbocycles. The zero-order chi connectivity index (χ0) is 39.8. The van der Waals surface area contributed by atoms with Crippen molar-refractivity contribution in [1.82, 2.24) is 0 Å². The van der Waals surface area contributed by atoms with E-state index in [1.54, 1.807) is 11.0 Å². The zero-order valence-electron chi connectivity index (χ0n) is 31.7. The Morgan fingerprint density at radius 3 is 1.34 bits per heavy atom. The van der Waals surface area contributed by atoms with Gasteiger partial charge in [-0.1, -0.05) is 78.9 Å². The van der Waals surface area contributed by atoms with E-state index >= 15 is 0 Å². The number of hydrogen-bond donors (Lipinski definition) is 0. The molecule has 0 N–H and O–H groups in total. The van der Waals surface area contributed by atoms with E-state index in [0.717, 1.165) is 77.4 Å². The highest BCUT2D eigenvalue weighted by atomic mass is 19.4. The molecule has 0 saturated carbocycles. The van der Waals surface area contributed by atoms with Crippen LogP contribution in [0.25, 0.3) is 65.4 Å². The number of furan rings is 2. The van der Waals surface area contributed by atoms with Crippen LogP contribution in [-0.2, 0) is 6.18 Å². The van der Waals surface area contributed by atoms with Gasteiger partial charge in [0.1, 0.15) is 22.3 Å². The van der Waals surface area contributed by atoms with Crippen molar-refractivity contribution in [1.29, 1.82) is 0 Å². The smallest absolute Gasteiger partial charge is 0.418 e. The lowest BCUT2D eigenvalue weighted by Crippen LogP contribution is -2.16. The molecule has 284 valence electrons. The van der Waals surface area contributed by atoms with Gasteiger partial charge in [-0.05, 0) is 131 Å². The summed E-state index contributed by atoms with van der Waals surface area (Å²) < 4.78 is 56.0. The molecule has 0 aliphatic rings. The summed E-state index contributed by atoms with van der Waals surface area (Å²) in [5, 5.41) is 7.85. The Kier molecular flexibility index (Phi) is 7.82. The summed E-state index contributed by atoms with van der Waals surface area (Å²) in [5.41, 5.74) is 7.87. The van der Waals surface area contributed by atoms with Crippen molar-refractivity contribution >= 4 is 99.5 Å². The minimum atomic E-state index is -4.53. The first-order chi connectivity index (χ1) is 28.8. The lowest BCUT2D eigenvalue weighted by Gasteiger charge is -2.28. The maximum absolute atomic E-state index is 14.3.